The normalized spacial score (nSPS) is 16.3. The van der Waals surface area contributed by atoms with Crippen LogP contribution in [0.4, 0.5) is 0 Å². The van der Waals surface area contributed by atoms with E-state index in [0.717, 1.165) is 24.1 Å². The van der Waals surface area contributed by atoms with E-state index in [1.165, 1.54) is 0 Å². The second-order valence-corrected chi connectivity index (χ2v) is 7.38. The molecule has 2 aromatic carbocycles. The average Bonchev–Trinajstić information content (AvgIpc) is 3.25. The number of piperidine rings is 1. The fourth-order valence-electron chi connectivity index (χ4n) is 3.84. The number of hydrogen-bond acceptors (Lipinski definition) is 4. The maximum atomic E-state index is 13.5. The Kier molecular flexibility index (Phi) is 5.93. The standard InChI is InChI=1S/C24H25N3O3/c1-2-30-24(29)19-12-9-15-26(16-19)23(28)21-17-27(20-13-7-4-8-14-20)25-22(21)18-10-5-3-6-11-18/h3-8,10-11,13-14,17,19H,2,9,12,15-16H2,1H3/t19-/m1/s1. The van der Waals surface area contributed by atoms with Crippen LogP contribution >= 0.6 is 0 Å². The number of ether oxygens (including phenoxy) is 1. The number of carbonyl (C=O) groups is 2. The summed E-state index contributed by atoms with van der Waals surface area (Å²) in [5.41, 5.74) is 2.95. The summed E-state index contributed by atoms with van der Waals surface area (Å²) in [6.07, 6.45) is 3.31. The van der Waals surface area contributed by atoms with Crippen LogP contribution in [0.2, 0.25) is 0 Å². The van der Waals surface area contributed by atoms with E-state index in [-0.39, 0.29) is 17.8 Å². The van der Waals surface area contributed by atoms with E-state index in [1.54, 1.807) is 22.7 Å². The van der Waals surface area contributed by atoms with Crippen molar-refractivity contribution in [2.45, 2.75) is 19.8 Å². The van der Waals surface area contributed by atoms with E-state index >= 15 is 0 Å². The maximum absolute atomic E-state index is 13.5. The first-order valence-corrected chi connectivity index (χ1v) is 10.3. The summed E-state index contributed by atoms with van der Waals surface area (Å²) in [7, 11) is 0. The van der Waals surface area contributed by atoms with Gasteiger partial charge < -0.3 is 9.64 Å². The van der Waals surface area contributed by atoms with Crippen LogP contribution in [0.5, 0.6) is 0 Å². The Morgan fingerprint density at radius 2 is 1.77 bits per heavy atom. The van der Waals surface area contributed by atoms with E-state index in [4.69, 9.17) is 9.84 Å². The Balaban J connectivity index is 1.67. The molecule has 0 spiro atoms. The Morgan fingerprint density at radius 3 is 2.47 bits per heavy atom. The van der Waals surface area contributed by atoms with Crippen molar-refractivity contribution in [2.24, 2.45) is 5.92 Å². The Labute approximate surface area is 176 Å². The molecule has 2 heterocycles. The van der Waals surface area contributed by atoms with Crippen LogP contribution in [0, 0.1) is 5.92 Å². The van der Waals surface area contributed by atoms with Gasteiger partial charge in [-0.3, -0.25) is 9.59 Å². The molecule has 1 aromatic heterocycles. The van der Waals surface area contributed by atoms with Crippen LogP contribution in [0.1, 0.15) is 30.1 Å². The largest absolute Gasteiger partial charge is 0.466 e. The van der Waals surface area contributed by atoms with Crippen molar-refractivity contribution in [3.8, 4) is 16.9 Å². The van der Waals surface area contributed by atoms with Crippen LogP contribution in [0.15, 0.2) is 66.9 Å². The summed E-state index contributed by atoms with van der Waals surface area (Å²) in [6.45, 7) is 3.15. The van der Waals surface area contributed by atoms with Gasteiger partial charge in [0, 0.05) is 24.8 Å². The number of rotatable bonds is 5. The van der Waals surface area contributed by atoms with Crippen molar-refractivity contribution in [1.29, 1.82) is 0 Å². The summed E-state index contributed by atoms with van der Waals surface area (Å²) in [5.74, 6) is -0.602. The third-order valence-electron chi connectivity index (χ3n) is 5.34. The van der Waals surface area contributed by atoms with Crippen LogP contribution in [-0.2, 0) is 9.53 Å². The van der Waals surface area contributed by atoms with Gasteiger partial charge in [-0.2, -0.15) is 5.10 Å². The summed E-state index contributed by atoms with van der Waals surface area (Å²) in [6, 6.07) is 19.4. The van der Waals surface area contributed by atoms with Crippen molar-refractivity contribution >= 4 is 11.9 Å². The van der Waals surface area contributed by atoms with Gasteiger partial charge in [0.05, 0.1) is 23.8 Å². The van der Waals surface area contributed by atoms with Gasteiger partial charge in [-0.15, -0.1) is 0 Å². The number of hydrogen-bond donors (Lipinski definition) is 0. The number of carbonyl (C=O) groups excluding carboxylic acids is 2. The first kappa shape index (κ1) is 19.9. The minimum absolute atomic E-state index is 0.106. The molecule has 1 saturated heterocycles. The van der Waals surface area contributed by atoms with Crippen molar-refractivity contribution in [1.82, 2.24) is 14.7 Å². The number of likely N-dealkylation sites (tertiary alicyclic amines) is 1. The number of nitrogens with zero attached hydrogens (tertiary/aromatic N) is 3. The molecule has 6 nitrogen and oxygen atoms in total. The molecule has 4 rings (SSSR count). The molecule has 1 atom stereocenters. The van der Waals surface area contributed by atoms with Crippen LogP contribution in [-0.4, -0.2) is 46.3 Å². The molecule has 6 heteroatoms. The van der Waals surface area contributed by atoms with Crippen molar-refractivity contribution < 1.29 is 14.3 Å². The fourth-order valence-corrected chi connectivity index (χ4v) is 3.84. The quantitative estimate of drug-likeness (QED) is 0.605. The van der Waals surface area contributed by atoms with Gasteiger partial charge in [-0.1, -0.05) is 48.5 Å². The Hall–Kier alpha value is -3.41. The van der Waals surface area contributed by atoms with E-state index in [0.29, 0.717) is 31.0 Å². The van der Waals surface area contributed by atoms with Crippen LogP contribution in [0.3, 0.4) is 0 Å². The topological polar surface area (TPSA) is 64.4 Å². The lowest BCUT2D eigenvalue weighted by Crippen LogP contribution is -2.42. The molecular formula is C24H25N3O3. The highest BCUT2D eigenvalue weighted by Gasteiger charge is 2.31. The third-order valence-corrected chi connectivity index (χ3v) is 5.34. The third kappa shape index (κ3) is 4.13. The number of aromatic nitrogens is 2. The van der Waals surface area contributed by atoms with Crippen molar-refractivity contribution in [2.75, 3.05) is 19.7 Å². The van der Waals surface area contributed by atoms with Crippen LogP contribution < -0.4 is 0 Å². The molecule has 1 amide bonds. The molecule has 1 aliphatic heterocycles. The van der Waals surface area contributed by atoms with E-state index in [2.05, 4.69) is 0 Å². The van der Waals surface area contributed by atoms with Gasteiger partial charge in [0.15, 0.2) is 0 Å². The fraction of sp³-hybridized carbons (Fsp3) is 0.292. The molecule has 154 valence electrons. The van der Waals surface area contributed by atoms with Gasteiger partial charge in [-0.25, -0.2) is 4.68 Å². The zero-order valence-electron chi connectivity index (χ0n) is 17.0. The minimum Gasteiger partial charge on any atom is -0.466 e. The zero-order valence-corrected chi connectivity index (χ0v) is 17.0. The second-order valence-electron chi connectivity index (χ2n) is 7.38. The lowest BCUT2D eigenvalue weighted by Gasteiger charge is -2.31. The maximum Gasteiger partial charge on any atom is 0.310 e. The van der Waals surface area contributed by atoms with E-state index < -0.39 is 0 Å². The molecule has 0 unspecified atom stereocenters. The number of amides is 1. The smallest absolute Gasteiger partial charge is 0.310 e. The molecule has 0 bridgehead atoms. The number of esters is 1. The monoisotopic (exact) mass is 403 g/mol. The highest BCUT2D eigenvalue weighted by Crippen LogP contribution is 2.27. The van der Waals surface area contributed by atoms with E-state index in [9.17, 15) is 9.59 Å². The summed E-state index contributed by atoms with van der Waals surface area (Å²) < 4.78 is 6.92. The Bertz CT molecular complexity index is 1010. The molecule has 0 N–H and O–H groups in total. The lowest BCUT2D eigenvalue weighted by atomic mass is 9.97. The minimum atomic E-state index is -0.271. The molecule has 1 aliphatic rings. The molecule has 1 fully saturated rings. The highest BCUT2D eigenvalue weighted by molar-refractivity contribution is 6.00. The predicted molar refractivity (Wildman–Crippen MR) is 114 cm³/mol. The predicted octanol–water partition coefficient (Wildman–Crippen LogP) is 3.95. The van der Waals surface area contributed by atoms with Gasteiger partial charge >= 0.3 is 5.97 Å². The molecule has 0 saturated carbocycles. The van der Waals surface area contributed by atoms with Gasteiger partial charge in [0.1, 0.15) is 5.69 Å². The first-order valence-electron chi connectivity index (χ1n) is 10.3. The summed E-state index contributed by atoms with van der Waals surface area (Å²) in [5, 5.41) is 4.73. The zero-order chi connectivity index (χ0) is 20.9. The van der Waals surface area contributed by atoms with Crippen molar-refractivity contribution in [3.63, 3.8) is 0 Å². The molecular weight excluding hydrogens is 378 g/mol. The second kappa shape index (κ2) is 8.95. The first-order chi connectivity index (χ1) is 14.7. The SMILES string of the molecule is CCOC(=O)[C@@H]1CCCN(C(=O)c2cn(-c3ccccc3)nc2-c2ccccc2)C1. The number of benzene rings is 2. The number of para-hydroxylation sites is 1. The Morgan fingerprint density at radius 1 is 1.07 bits per heavy atom. The molecule has 0 radical (unpaired) electrons. The summed E-state index contributed by atoms with van der Waals surface area (Å²) in [4.78, 5) is 27.4. The molecule has 30 heavy (non-hydrogen) atoms. The molecule has 3 aromatic rings. The van der Waals surface area contributed by atoms with Gasteiger partial charge in [-0.05, 0) is 31.9 Å². The van der Waals surface area contributed by atoms with Gasteiger partial charge in [0.2, 0.25) is 0 Å². The average molecular weight is 403 g/mol. The highest BCUT2D eigenvalue weighted by atomic mass is 16.5. The lowest BCUT2D eigenvalue weighted by molar-refractivity contribution is -0.149. The molecule has 0 aliphatic carbocycles. The summed E-state index contributed by atoms with van der Waals surface area (Å²) >= 11 is 0. The van der Waals surface area contributed by atoms with Gasteiger partial charge in [0.25, 0.3) is 5.91 Å². The van der Waals surface area contributed by atoms with Crippen LogP contribution in [0.25, 0.3) is 16.9 Å². The van der Waals surface area contributed by atoms with E-state index in [1.807, 2.05) is 60.7 Å². The van der Waals surface area contributed by atoms with Crippen molar-refractivity contribution in [3.05, 3.63) is 72.4 Å².